The van der Waals surface area contributed by atoms with E-state index >= 15 is 0 Å². The first-order valence-corrected chi connectivity index (χ1v) is 7.88. The summed E-state index contributed by atoms with van der Waals surface area (Å²) in [5, 5.41) is 29.0. The van der Waals surface area contributed by atoms with Crippen LogP contribution in [0.4, 0.5) is 8.78 Å². The molecule has 11 heteroatoms. The summed E-state index contributed by atoms with van der Waals surface area (Å²) in [5.41, 5.74) is 1.43. The van der Waals surface area contributed by atoms with Crippen LogP contribution in [0.25, 0.3) is 0 Å². The lowest BCUT2D eigenvalue weighted by Gasteiger charge is -2.06. The molecule has 0 saturated heterocycles. The molecule has 0 spiro atoms. The van der Waals surface area contributed by atoms with Crippen molar-refractivity contribution in [2.45, 2.75) is 13.0 Å². The van der Waals surface area contributed by atoms with Gasteiger partial charge < -0.3 is 5.11 Å². The predicted octanol–water partition coefficient (Wildman–Crippen LogP) is 1.41. The van der Waals surface area contributed by atoms with Crippen molar-refractivity contribution in [3.8, 4) is 0 Å². The Kier molecular flexibility index (Phi) is 5.36. The number of aromatic carboxylic acids is 1. The number of rotatable bonds is 6. The van der Waals surface area contributed by atoms with Crippen molar-refractivity contribution in [1.82, 2.24) is 25.7 Å². The molecule has 2 aromatic carbocycles. The molecule has 144 valence electrons. The fourth-order valence-corrected chi connectivity index (χ4v) is 2.45. The third-order valence-electron chi connectivity index (χ3n) is 3.86. The Hall–Kier alpha value is -3.73. The zero-order chi connectivity index (χ0) is 20.3. The van der Waals surface area contributed by atoms with Gasteiger partial charge in [0.2, 0.25) is 0 Å². The number of aromatic nitrogens is 4. The van der Waals surface area contributed by atoms with Crippen molar-refractivity contribution < 1.29 is 28.7 Å². The molecule has 3 aromatic rings. The first kappa shape index (κ1) is 19.0. The number of benzene rings is 2. The van der Waals surface area contributed by atoms with Crippen molar-refractivity contribution in [3.05, 3.63) is 76.1 Å². The van der Waals surface area contributed by atoms with Gasteiger partial charge in [-0.3, -0.25) is 10.0 Å². The monoisotopic (exact) mass is 389 g/mol. The number of hydrogen-bond acceptors (Lipinski definition) is 6. The van der Waals surface area contributed by atoms with Crippen molar-refractivity contribution in [2.75, 3.05) is 0 Å². The van der Waals surface area contributed by atoms with E-state index in [4.69, 9.17) is 10.3 Å². The number of amides is 1. The van der Waals surface area contributed by atoms with Gasteiger partial charge in [-0.05, 0) is 35.0 Å². The van der Waals surface area contributed by atoms with Crippen LogP contribution in [-0.4, -0.2) is 42.4 Å². The van der Waals surface area contributed by atoms with E-state index in [0.717, 1.165) is 22.5 Å². The zero-order valence-corrected chi connectivity index (χ0v) is 14.1. The maximum Gasteiger partial charge on any atom is 0.335 e. The molecule has 0 aliphatic carbocycles. The van der Waals surface area contributed by atoms with Crippen LogP contribution >= 0.6 is 0 Å². The van der Waals surface area contributed by atoms with Gasteiger partial charge in [-0.1, -0.05) is 12.1 Å². The highest BCUT2D eigenvalue weighted by molar-refractivity contribution is 5.93. The number of hydrogen-bond donors (Lipinski definition) is 3. The summed E-state index contributed by atoms with van der Waals surface area (Å²) in [6.45, 7) is -0.357. The first-order valence-electron chi connectivity index (χ1n) is 7.88. The lowest BCUT2D eigenvalue weighted by atomic mass is 10.1. The Bertz CT molecular complexity index is 1010. The summed E-state index contributed by atoms with van der Waals surface area (Å²) in [5.74, 6) is -3.80. The number of carbonyl (C=O) groups excluding carboxylic acids is 1. The van der Waals surface area contributed by atoms with Crippen LogP contribution in [0.3, 0.4) is 0 Å². The number of carbonyl (C=O) groups is 2. The molecule has 9 nitrogen and oxygen atoms in total. The third kappa shape index (κ3) is 4.15. The largest absolute Gasteiger partial charge is 0.478 e. The van der Waals surface area contributed by atoms with Gasteiger partial charge in [0.05, 0.1) is 12.1 Å². The van der Waals surface area contributed by atoms with E-state index in [9.17, 15) is 18.4 Å². The molecule has 0 bridgehead atoms. The Morgan fingerprint density at radius 3 is 2.29 bits per heavy atom. The summed E-state index contributed by atoms with van der Waals surface area (Å²) in [7, 11) is 0. The number of carboxylic acid groups (broad SMARTS) is 1. The highest BCUT2D eigenvalue weighted by Crippen LogP contribution is 2.17. The maximum atomic E-state index is 14.1. The van der Waals surface area contributed by atoms with E-state index in [0.29, 0.717) is 0 Å². The molecular formula is C17H13F2N5O4. The summed E-state index contributed by atoms with van der Waals surface area (Å²) >= 11 is 0. The predicted molar refractivity (Wildman–Crippen MR) is 88.7 cm³/mol. The van der Waals surface area contributed by atoms with E-state index in [-0.39, 0.29) is 35.5 Å². The molecule has 1 amide bonds. The lowest BCUT2D eigenvalue weighted by Crippen LogP contribution is -2.19. The van der Waals surface area contributed by atoms with Gasteiger partial charge in [0.1, 0.15) is 11.6 Å². The smallest absolute Gasteiger partial charge is 0.335 e. The second-order valence-electron chi connectivity index (χ2n) is 5.77. The summed E-state index contributed by atoms with van der Waals surface area (Å²) in [4.78, 5) is 23.1. The SMILES string of the molecule is O=C(O)c1ccc(Cc2nnn(Cc3c(F)cc(C(=O)NO)cc3F)n2)cc1. The minimum Gasteiger partial charge on any atom is -0.478 e. The normalized spacial score (nSPS) is 10.7. The van der Waals surface area contributed by atoms with Crippen molar-refractivity contribution in [1.29, 1.82) is 0 Å². The average Bonchev–Trinajstić information content (AvgIpc) is 3.11. The summed E-state index contributed by atoms with van der Waals surface area (Å²) in [6, 6.07) is 7.66. The van der Waals surface area contributed by atoms with Gasteiger partial charge in [0.25, 0.3) is 5.91 Å². The van der Waals surface area contributed by atoms with Crippen LogP contribution in [0.2, 0.25) is 0 Å². The quantitative estimate of drug-likeness (QED) is 0.429. The van der Waals surface area contributed by atoms with Crippen LogP contribution in [0.15, 0.2) is 36.4 Å². The topological polar surface area (TPSA) is 130 Å². The Morgan fingerprint density at radius 2 is 1.71 bits per heavy atom. The Morgan fingerprint density at radius 1 is 1.07 bits per heavy atom. The van der Waals surface area contributed by atoms with Crippen LogP contribution < -0.4 is 5.48 Å². The molecule has 0 unspecified atom stereocenters. The second-order valence-corrected chi connectivity index (χ2v) is 5.77. The molecule has 0 aliphatic heterocycles. The minimum absolute atomic E-state index is 0.143. The molecule has 0 radical (unpaired) electrons. The molecule has 0 saturated carbocycles. The maximum absolute atomic E-state index is 14.1. The van der Waals surface area contributed by atoms with Crippen molar-refractivity contribution in [3.63, 3.8) is 0 Å². The lowest BCUT2D eigenvalue weighted by molar-refractivity contribution is 0.0693. The number of halogens is 2. The zero-order valence-electron chi connectivity index (χ0n) is 14.1. The summed E-state index contributed by atoms with van der Waals surface area (Å²) < 4.78 is 28.2. The van der Waals surface area contributed by atoms with Crippen LogP contribution in [-0.2, 0) is 13.0 Å². The standard InChI is InChI=1S/C17H13F2N5O4/c18-13-6-11(16(25)22-28)7-14(19)12(13)8-24-21-15(20-23-24)5-9-1-3-10(4-2-9)17(26)27/h1-4,6-7,28H,5,8H2,(H,22,25)(H,26,27). The number of carboxylic acids is 1. The number of tetrazole rings is 1. The van der Waals surface area contributed by atoms with Gasteiger partial charge >= 0.3 is 5.97 Å². The van der Waals surface area contributed by atoms with Gasteiger partial charge in [-0.25, -0.2) is 19.1 Å². The molecular weight excluding hydrogens is 376 g/mol. The number of hydroxylamine groups is 1. The molecule has 0 aliphatic rings. The molecule has 1 aromatic heterocycles. The highest BCUT2D eigenvalue weighted by atomic mass is 19.1. The van der Waals surface area contributed by atoms with E-state index in [1.807, 2.05) is 0 Å². The molecule has 28 heavy (non-hydrogen) atoms. The summed E-state index contributed by atoms with van der Waals surface area (Å²) in [6.07, 6.45) is 0.250. The fourth-order valence-electron chi connectivity index (χ4n) is 2.45. The number of nitrogens with zero attached hydrogens (tertiary/aromatic N) is 4. The Labute approximate surface area is 156 Å². The van der Waals surface area contributed by atoms with E-state index in [2.05, 4.69) is 15.4 Å². The molecule has 0 atom stereocenters. The van der Waals surface area contributed by atoms with Crippen LogP contribution in [0.5, 0.6) is 0 Å². The van der Waals surface area contributed by atoms with E-state index < -0.39 is 23.5 Å². The van der Waals surface area contributed by atoms with E-state index in [1.165, 1.54) is 17.6 Å². The van der Waals surface area contributed by atoms with Crippen LogP contribution in [0.1, 0.15) is 37.7 Å². The Balaban J connectivity index is 1.74. The van der Waals surface area contributed by atoms with Crippen LogP contribution in [0, 0.1) is 11.6 Å². The molecule has 1 heterocycles. The minimum atomic E-state index is -1.04. The highest BCUT2D eigenvalue weighted by Gasteiger charge is 2.17. The molecule has 3 N–H and O–H groups in total. The first-order chi connectivity index (χ1) is 13.4. The van der Waals surface area contributed by atoms with Gasteiger partial charge in [0.15, 0.2) is 5.82 Å². The second kappa shape index (κ2) is 7.88. The molecule has 0 fully saturated rings. The van der Waals surface area contributed by atoms with E-state index in [1.54, 1.807) is 12.1 Å². The third-order valence-corrected chi connectivity index (χ3v) is 3.86. The number of nitrogens with one attached hydrogen (secondary N) is 1. The van der Waals surface area contributed by atoms with Crippen molar-refractivity contribution in [2.24, 2.45) is 0 Å². The van der Waals surface area contributed by atoms with Gasteiger partial charge in [0, 0.05) is 17.5 Å². The van der Waals surface area contributed by atoms with Crippen molar-refractivity contribution >= 4 is 11.9 Å². The average molecular weight is 389 g/mol. The van der Waals surface area contributed by atoms with Gasteiger partial charge in [-0.2, -0.15) is 4.80 Å². The molecule has 3 rings (SSSR count). The fraction of sp³-hybridized carbons (Fsp3) is 0.118. The van der Waals surface area contributed by atoms with Gasteiger partial charge in [-0.15, -0.1) is 10.2 Å².